The molecule has 0 aromatic carbocycles. The zero-order valence-electron chi connectivity index (χ0n) is 38.6. The Kier molecular flexibility index (Phi) is 37.3. The van der Waals surface area contributed by atoms with Crippen LogP contribution in [0.2, 0.25) is 0 Å². The lowest BCUT2D eigenvalue weighted by molar-refractivity contribution is -0.161. The van der Waals surface area contributed by atoms with Gasteiger partial charge in [0.25, 0.3) is 0 Å². The lowest BCUT2D eigenvalue weighted by Gasteiger charge is -2.30. The van der Waals surface area contributed by atoms with Gasteiger partial charge >= 0.3 is 25.7 Å². The number of rotatable bonds is 43. The smallest absolute Gasteiger partial charge is 0.466 e. The van der Waals surface area contributed by atoms with E-state index >= 15 is 0 Å². The molecule has 1 unspecified atom stereocenters. The van der Waals surface area contributed by atoms with Crippen LogP contribution in [0.25, 0.3) is 0 Å². The summed E-state index contributed by atoms with van der Waals surface area (Å²) in [5.74, 6) is -2.26. The molecule has 13 nitrogen and oxygen atoms in total. The first-order chi connectivity index (χ1) is 28.8. The fraction of sp³-hybridized carbons (Fsp3) is 0.913. The van der Waals surface area contributed by atoms with Crippen LogP contribution in [-0.4, -0.2) is 79.0 Å². The van der Waals surface area contributed by atoms with E-state index in [1.807, 2.05) is 0 Å². The van der Waals surface area contributed by atoms with Crippen LogP contribution in [0.4, 0.5) is 0 Å². The molecule has 0 radical (unpaired) electrons. The number of aliphatic hydroxyl groups is 1. The quantitative estimate of drug-likeness (QED) is 0.0228. The van der Waals surface area contributed by atoms with Gasteiger partial charge in [-0.25, -0.2) is 4.57 Å². The predicted octanol–water partition coefficient (Wildman–Crippen LogP) is 11.0. The summed E-state index contributed by atoms with van der Waals surface area (Å²) in [7, 11) is -4.78. The van der Waals surface area contributed by atoms with Gasteiger partial charge in [-0.1, -0.05) is 182 Å². The van der Waals surface area contributed by atoms with Crippen LogP contribution < -0.4 is 5.32 Å². The second kappa shape index (κ2) is 38.6. The number of esters is 3. The third-order valence-corrected chi connectivity index (χ3v) is 11.6. The molecular weight excluding hydrogens is 789 g/mol. The number of phosphoric acid groups is 1. The van der Waals surface area contributed by atoms with Gasteiger partial charge in [-0.15, -0.1) is 0 Å². The molecule has 0 saturated carbocycles. The second-order valence-corrected chi connectivity index (χ2v) is 18.5. The van der Waals surface area contributed by atoms with Gasteiger partial charge in [0, 0.05) is 24.8 Å². The summed E-state index contributed by atoms with van der Waals surface area (Å²) in [6, 6.07) is 0. The van der Waals surface area contributed by atoms with E-state index in [0.717, 1.165) is 38.5 Å². The maximum atomic E-state index is 12.9. The zero-order valence-corrected chi connectivity index (χ0v) is 39.5. The average molecular weight is 878 g/mol. The van der Waals surface area contributed by atoms with Crippen LogP contribution in [0, 0.1) is 5.41 Å². The SMILES string of the molecule is CCCCCCCCCCCCCCCC(=O)OC[C@H](COP(=O)(O)OCC(C)(C)[C@@H](O)C(=O)NCCC(=O)OCC)OC(=O)CCCCCCCCCCCCCCC. The van der Waals surface area contributed by atoms with Gasteiger partial charge in [-0.2, -0.15) is 0 Å². The molecule has 3 N–H and O–H groups in total. The highest BCUT2D eigenvalue weighted by Crippen LogP contribution is 2.45. The van der Waals surface area contributed by atoms with E-state index < -0.39 is 62.5 Å². The molecule has 14 heteroatoms. The topological polar surface area (TPSA) is 184 Å². The summed E-state index contributed by atoms with van der Waals surface area (Å²) in [4.78, 5) is 59.9. The Bertz CT molecular complexity index is 1140. The summed E-state index contributed by atoms with van der Waals surface area (Å²) in [6.45, 7) is 7.71. The number of unbranched alkanes of at least 4 members (excludes halogenated alkanes) is 24. The minimum atomic E-state index is -4.78. The fourth-order valence-corrected chi connectivity index (χ4v) is 7.63. The number of hydrogen-bond acceptors (Lipinski definition) is 11. The maximum absolute atomic E-state index is 12.9. The number of carbonyl (C=O) groups excluding carboxylic acids is 4. The summed E-state index contributed by atoms with van der Waals surface area (Å²) in [6.07, 6.45) is 28.2. The molecule has 3 atom stereocenters. The normalized spacial score (nSPS) is 13.7. The van der Waals surface area contributed by atoms with Crippen molar-refractivity contribution >= 4 is 31.6 Å². The van der Waals surface area contributed by atoms with Crippen molar-refractivity contribution in [2.24, 2.45) is 5.41 Å². The van der Waals surface area contributed by atoms with E-state index in [-0.39, 0.29) is 39.0 Å². The predicted molar refractivity (Wildman–Crippen MR) is 237 cm³/mol. The Labute approximate surface area is 364 Å². The van der Waals surface area contributed by atoms with Crippen LogP contribution >= 0.6 is 7.82 Å². The molecule has 0 aliphatic rings. The van der Waals surface area contributed by atoms with E-state index in [4.69, 9.17) is 23.3 Å². The Morgan fingerprint density at radius 3 is 1.38 bits per heavy atom. The lowest BCUT2D eigenvalue weighted by Crippen LogP contribution is -2.46. The summed E-state index contributed by atoms with van der Waals surface area (Å²) < 4.78 is 39.0. The number of aliphatic hydroxyl groups excluding tert-OH is 1. The van der Waals surface area contributed by atoms with Crippen LogP contribution in [0.1, 0.15) is 221 Å². The minimum absolute atomic E-state index is 0.0588. The molecule has 0 saturated heterocycles. The number of hydrogen-bond donors (Lipinski definition) is 3. The first kappa shape index (κ1) is 58.0. The molecule has 60 heavy (non-hydrogen) atoms. The van der Waals surface area contributed by atoms with Crippen LogP contribution in [0.15, 0.2) is 0 Å². The zero-order chi connectivity index (χ0) is 44.7. The Hall–Kier alpha value is -2.05. The van der Waals surface area contributed by atoms with E-state index in [1.165, 1.54) is 129 Å². The van der Waals surface area contributed by atoms with Crippen molar-refractivity contribution in [2.45, 2.75) is 233 Å². The van der Waals surface area contributed by atoms with Crippen molar-refractivity contribution in [2.75, 3.05) is 33.0 Å². The van der Waals surface area contributed by atoms with E-state index in [1.54, 1.807) is 6.92 Å². The first-order valence-electron chi connectivity index (χ1n) is 23.9. The van der Waals surface area contributed by atoms with Crippen molar-refractivity contribution in [1.82, 2.24) is 5.32 Å². The number of nitrogens with one attached hydrogen (secondary N) is 1. The summed E-state index contributed by atoms with van der Waals surface area (Å²) in [5.41, 5.74) is -1.33. The number of phosphoric ester groups is 1. The highest BCUT2D eigenvalue weighted by Gasteiger charge is 2.37. The van der Waals surface area contributed by atoms with Gasteiger partial charge in [0.15, 0.2) is 6.10 Å². The standard InChI is InChI=1S/C46H88NO12P/c1-6-9-11-13-15-17-19-21-23-25-27-29-31-33-41(48)56-37-40(59-43(50)34-32-30-28-26-24-22-20-18-16-14-12-10-7-2)38-57-60(53,54)58-39-46(4,5)44(51)45(52)47-36-35-42(49)55-8-3/h40,44,51H,6-39H2,1-5H3,(H,47,52)(H,53,54)/t40-,44+/m1/s1. The highest BCUT2D eigenvalue weighted by atomic mass is 31.2. The lowest BCUT2D eigenvalue weighted by atomic mass is 9.87. The number of amides is 1. The van der Waals surface area contributed by atoms with E-state index in [2.05, 4.69) is 19.2 Å². The highest BCUT2D eigenvalue weighted by molar-refractivity contribution is 7.47. The largest absolute Gasteiger partial charge is 0.472 e. The molecule has 0 aliphatic carbocycles. The van der Waals surface area contributed by atoms with Crippen molar-refractivity contribution in [3.63, 3.8) is 0 Å². The van der Waals surface area contributed by atoms with Gasteiger partial charge < -0.3 is 29.5 Å². The monoisotopic (exact) mass is 878 g/mol. The van der Waals surface area contributed by atoms with Gasteiger partial charge in [-0.3, -0.25) is 28.2 Å². The summed E-state index contributed by atoms with van der Waals surface area (Å²) >= 11 is 0. The molecule has 0 aromatic heterocycles. The molecule has 0 bridgehead atoms. The molecule has 0 spiro atoms. The Morgan fingerprint density at radius 1 is 0.550 bits per heavy atom. The maximum Gasteiger partial charge on any atom is 0.472 e. The third kappa shape index (κ3) is 35.5. The molecule has 354 valence electrons. The molecule has 0 rings (SSSR count). The van der Waals surface area contributed by atoms with Crippen molar-refractivity contribution < 1.29 is 57.0 Å². The van der Waals surface area contributed by atoms with Gasteiger partial charge in [0.2, 0.25) is 5.91 Å². The third-order valence-electron chi connectivity index (χ3n) is 10.6. The van der Waals surface area contributed by atoms with Crippen molar-refractivity contribution in [1.29, 1.82) is 0 Å². The fourth-order valence-electron chi connectivity index (χ4n) is 6.71. The van der Waals surface area contributed by atoms with Gasteiger partial charge in [0.05, 0.1) is 26.2 Å². The first-order valence-corrected chi connectivity index (χ1v) is 25.4. The second-order valence-electron chi connectivity index (χ2n) is 17.1. The van der Waals surface area contributed by atoms with Crippen LogP contribution in [0.3, 0.4) is 0 Å². The van der Waals surface area contributed by atoms with E-state index in [9.17, 15) is 33.7 Å². The Morgan fingerprint density at radius 2 is 0.950 bits per heavy atom. The van der Waals surface area contributed by atoms with Crippen molar-refractivity contribution in [3.8, 4) is 0 Å². The van der Waals surface area contributed by atoms with E-state index in [0.29, 0.717) is 12.8 Å². The van der Waals surface area contributed by atoms with Gasteiger partial charge in [-0.05, 0) is 19.8 Å². The molecule has 0 fully saturated rings. The van der Waals surface area contributed by atoms with Gasteiger partial charge in [0.1, 0.15) is 12.7 Å². The van der Waals surface area contributed by atoms with Crippen molar-refractivity contribution in [3.05, 3.63) is 0 Å². The molecule has 0 heterocycles. The van der Waals surface area contributed by atoms with Crippen LogP contribution in [0.5, 0.6) is 0 Å². The van der Waals surface area contributed by atoms with Crippen LogP contribution in [-0.2, 0) is 47.0 Å². The number of carbonyl (C=O) groups is 4. The summed E-state index contributed by atoms with van der Waals surface area (Å²) in [5, 5.41) is 13.0. The number of ether oxygens (including phenoxy) is 3. The molecule has 1 amide bonds. The molecule has 0 aromatic rings. The molecular formula is C46H88NO12P. The minimum Gasteiger partial charge on any atom is -0.466 e. The average Bonchev–Trinajstić information content (AvgIpc) is 3.21. The molecule has 0 aliphatic heterocycles. The Balaban J connectivity index is 4.84.